The summed E-state index contributed by atoms with van der Waals surface area (Å²) in [6, 6.07) is 7.84. The van der Waals surface area contributed by atoms with Gasteiger partial charge in [-0.15, -0.1) is 5.10 Å². The predicted molar refractivity (Wildman–Crippen MR) is 81.5 cm³/mol. The smallest absolute Gasteiger partial charge is 0.146 e. The van der Waals surface area contributed by atoms with Crippen molar-refractivity contribution in [3.05, 3.63) is 42.7 Å². The van der Waals surface area contributed by atoms with E-state index >= 15 is 0 Å². The maximum atomic E-state index is 4.33. The lowest BCUT2D eigenvalue weighted by Gasteiger charge is -2.21. The fraction of sp³-hybridized carbons (Fsp3) is 0.357. The molecule has 2 heterocycles. The molecule has 0 aliphatic rings. The minimum Gasteiger partial charge on any atom is -0.376 e. The third-order valence-electron chi connectivity index (χ3n) is 3.19. The average molecular weight is 298 g/mol. The molecule has 8 heteroatoms. The maximum Gasteiger partial charge on any atom is 0.146 e. The number of anilines is 1. The van der Waals surface area contributed by atoms with E-state index in [2.05, 4.69) is 51.7 Å². The Hall–Kier alpha value is -2.77. The Morgan fingerprint density at radius 1 is 1.18 bits per heavy atom. The molecule has 0 atom stereocenters. The van der Waals surface area contributed by atoms with E-state index in [1.807, 2.05) is 28.9 Å². The number of hydrogen-bond acceptors (Lipinski definition) is 6. The molecule has 0 aliphatic heterocycles. The summed E-state index contributed by atoms with van der Waals surface area (Å²) in [6.45, 7) is 6.86. The van der Waals surface area contributed by atoms with Crippen LogP contribution in [0.2, 0.25) is 0 Å². The molecule has 1 aromatic carbocycles. The van der Waals surface area contributed by atoms with E-state index in [1.165, 1.54) is 0 Å². The Morgan fingerprint density at radius 3 is 2.73 bits per heavy atom. The molecule has 0 saturated heterocycles. The Balaban J connectivity index is 1.83. The summed E-state index contributed by atoms with van der Waals surface area (Å²) in [5.74, 6) is 0.874. The zero-order chi connectivity index (χ0) is 15.6. The molecule has 114 valence electrons. The lowest BCUT2D eigenvalue weighted by molar-refractivity contribution is 0.343. The number of aromatic nitrogens is 7. The Bertz CT molecular complexity index is 738. The SMILES string of the molecule is CC(C)(C)n1ncnc1CNc1ccccc1-n1cnnn1. The van der Waals surface area contributed by atoms with Gasteiger partial charge >= 0.3 is 0 Å². The molecule has 0 aliphatic carbocycles. The first-order valence-corrected chi connectivity index (χ1v) is 7.01. The van der Waals surface area contributed by atoms with E-state index < -0.39 is 0 Å². The zero-order valence-corrected chi connectivity index (χ0v) is 12.8. The summed E-state index contributed by atoms with van der Waals surface area (Å²) in [4.78, 5) is 4.33. The van der Waals surface area contributed by atoms with Crippen molar-refractivity contribution in [3.63, 3.8) is 0 Å². The molecule has 22 heavy (non-hydrogen) atoms. The number of benzene rings is 1. The van der Waals surface area contributed by atoms with Crippen LogP contribution in [0.15, 0.2) is 36.9 Å². The van der Waals surface area contributed by atoms with Gasteiger partial charge < -0.3 is 5.32 Å². The Kier molecular flexibility index (Phi) is 3.58. The standard InChI is InChI=1S/C14H18N8/c1-14(2,3)22-13(16-9-18-22)8-15-11-6-4-5-7-12(11)21-10-17-19-20-21/h4-7,9-10,15H,8H2,1-3H3. The first kappa shape index (κ1) is 14.2. The topological polar surface area (TPSA) is 86.3 Å². The van der Waals surface area contributed by atoms with Crippen LogP contribution in [0.5, 0.6) is 0 Å². The summed E-state index contributed by atoms with van der Waals surface area (Å²) in [5, 5.41) is 19.0. The monoisotopic (exact) mass is 298 g/mol. The van der Waals surface area contributed by atoms with Crippen molar-refractivity contribution in [2.45, 2.75) is 32.9 Å². The van der Waals surface area contributed by atoms with Gasteiger partial charge in [0.05, 0.1) is 23.5 Å². The lowest BCUT2D eigenvalue weighted by Crippen LogP contribution is -2.26. The Morgan fingerprint density at radius 2 is 2.00 bits per heavy atom. The number of rotatable bonds is 4. The van der Waals surface area contributed by atoms with Gasteiger partial charge in [-0.1, -0.05) is 12.1 Å². The van der Waals surface area contributed by atoms with Gasteiger partial charge in [-0.2, -0.15) is 9.78 Å². The third kappa shape index (κ3) is 2.80. The van der Waals surface area contributed by atoms with Gasteiger partial charge in [0.15, 0.2) is 0 Å². The van der Waals surface area contributed by atoms with Crippen LogP contribution in [-0.2, 0) is 12.1 Å². The van der Waals surface area contributed by atoms with E-state index in [1.54, 1.807) is 17.3 Å². The average Bonchev–Trinajstić information content (AvgIpc) is 3.16. The maximum absolute atomic E-state index is 4.33. The third-order valence-corrected chi connectivity index (χ3v) is 3.19. The van der Waals surface area contributed by atoms with Gasteiger partial charge in [0.1, 0.15) is 18.5 Å². The molecule has 8 nitrogen and oxygen atoms in total. The number of nitrogens with one attached hydrogen (secondary N) is 1. The van der Waals surface area contributed by atoms with Crippen LogP contribution in [0.1, 0.15) is 26.6 Å². The van der Waals surface area contributed by atoms with Gasteiger partial charge in [0, 0.05) is 0 Å². The second-order valence-electron chi connectivity index (χ2n) is 5.88. The van der Waals surface area contributed by atoms with Crippen LogP contribution < -0.4 is 5.32 Å². The van der Waals surface area contributed by atoms with Crippen LogP contribution in [0.3, 0.4) is 0 Å². The first-order valence-electron chi connectivity index (χ1n) is 7.01. The molecular weight excluding hydrogens is 280 g/mol. The number of hydrogen-bond donors (Lipinski definition) is 1. The molecule has 0 fully saturated rings. The Labute approximate surface area is 128 Å². The zero-order valence-electron chi connectivity index (χ0n) is 12.8. The van der Waals surface area contributed by atoms with Gasteiger partial charge in [-0.05, 0) is 43.3 Å². The number of nitrogens with zero attached hydrogens (tertiary/aromatic N) is 7. The number of para-hydroxylation sites is 2. The van der Waals surface area contributed by atoms with E-state index in [0.29, 0.717) is 6.54 Å². The minimum atomic E-state index is -0.108. The highest BCUT2D eigenvalue weighted by Gasteiger charge is 2.18. The van der Waals surface area contributed by atoms with Gasteiger partial charge in [-0.3, -0.25) is 0 Å². The molecule has 0 spiro atoms. The van der Waals surface area contributed by atoms with Crippen LogP contribution >= 0.6 is 0 Å². The predicted octanol–water partition coefficient (Wildman–Crippen LogP) is 1.62. The van der Waals surface area contributed by atoms with E-state index in [-0.39, 0.29) is 5.54 Å². The van der Waals surface area contributed by atoms with Crippen LogP contribution in [0.4, 0.5) is 5.69 Å². The van der Waals surface area contributed by atoms with Crippen LogP contribution in [0.25, 0.3) is 5.69 Å². The van der Waals surface area contributed by atoms with Crippen molar-refractivity contribution in [1.82, 2.24) is 35.0 Å². The van der Waals surface area contributed by atoms with Crippen molar-refractivity contribution >= 4 is 5.69 Å². The molecule has 0 unspecified atom stereocenters. The van der Waals surface area contributed by atoms with Gasteiger partial charge in [0.25, 0.3) is 0 Å². The second kappa shape index (κ2) is 5.55. The summed E-state index contributed by atoms with van der Waals surface area (Å²) in [7, 11) is 0. The van der Waals surface area contributed by atoms with Crippen molar-refractivity contribution in [2.24, 2.45) is 0 Å². The molecule has 3 aromatic rings. The highest BCUT2D eigenvalue weighted by molar-refractivity contribution is 5.60. The van der Waals surface area contributed by atoms with Crippen molar-refractivity contribution in [1.29, 1.82) is 0 Å². The molecule has 0 bridgehead atoms. The normalized spacial score (nSPS) is 11.6. The fourth-order valence-corrected chi connectivity index (χ4v) is 2.22. The number of tetrazole rings is 1. The summed E-state index contributed by atoms with van der Waals surface area (Å²) >= 11 is 0. The summed E-state index contributed by atoms with van der Waals surface area (Å²) < 4.78 is 3.54. The minimum absolute atomic E-state index is 0.108. The van der Waals surface area contributed by atoms with Gasteiger partial charge in [0.2, 0.25) is 0 Å². The molecule has 0 radical (unpaired) electrons. The molecule has 0 amide bonds. The summed E-state index contributed by atoms with van der Waals surface area (Å²) in [5.41, 5.74) is 1.70. The lowest BCUT2D eigenvalue weighted by atomic mass is 10.1. The second-order valence-corrected chi connectivity index (χ2v) is 5.88. The quantitative estimate of drug-likeness (QED) is 0.787. The molecule has 1 N–H and O–H groups in total. The largest absolute Gasteiger partial charge is 0.376 e. The molecule has 3 rings (SSSR count). The van der Waals surface area contributed by atoms with E-state index in [4.69, 9.17) is 0 Å². The van der Waals surface area contributed by atoms with Crippen LogP contribution in [0, 0.1) is 0 Å². The van der Waals surface area contributed by atoms with Crippen molar-refractivity contribution in [2.75, 3.05) is 5.32 Å². The molecule has 0 saturated carbocycles. The molecular formula is C14H18N8. The van der Waals surface area contributed by atoms with E-state index in [0.717, 1.165) is 17.2 Å². The highest BCUT2D eigenvalue weighted by Crippen LogP contribution is 2.20. The van der Waals surface area contributed by atoms with Crippen LogP contribution in [-0.4, -0.2) is 35.0 Å². The van der Waals surface area contributed by atoms with Gasteiger partial charge in [-0.25, -0.2) is 9.67 Å². The first-order chi connectivity index (χ1) is 10.6. The molecule has 2 aromatic heterocycles. The van der Waals surface area contributed by atoms with Crippen molar-refractivity contribution < 1.29 is 0 Å². The summed E-state index contributed by atoms with van der Waals surface area (Å²) in [6.07, 6.45) is 3.15. The highest BCUT2D eigenvalue weighted by atomic mass is 15.5. The van der Waals surface area contributed by atoms with E-state index in [9.17, 15) is 0 Å². The van der Waals surface area contributed by atoms with Crippen molar-refractivity contribution in [3.8, 4) is 5.69 Å². The fourth-order valence-electron chi connectivity index (χ4n) is 2.22.